The van der Waals surface area contributed by atoms with E-state index in [-0.39, 0.29) is 13.0 Å². The van der Waals surface area contributed by atoms with Gasteiger partial charge in [-0.1, -0.05) is 0 Å². The molecule has 7 heteroatoms. The van der Waals surface area contributed by atoms with Crippen molar-refractivity contribution in [1.29, 1.82) is 0 Å². The van der Waals surface area contributed by atoms with Crippen molar-refractivity contribution in [3.63, 3.8) is 0 Å². The maximum absolute atomic E-state index is 11.9. The quantitative estimate of drug-likeness (QED) is 0.760. The second-order valence-corrected chi connectivity index (χ2v) is 3.44. The Morgan fingerprint density at radius 1 is 1.29 bits per heavy atom. The summed E-state index contributed by atoms with van der Waals surface area (Å²) in [5.41, 5.74) is 0. The van der Waals surface area contributed by atoms with E-state index in [2.05, 4.69) is 20.6 Å². The first-order valence-corrected chi connectivity index (χ1v) is 5.39. The Morgan fingerprint density at radius 3 is 2.71 bits per heavy atom. The molecule has 1 aromatic rings. The number of alkyl halides is 3. The molecule has 0 aliphatic carbocycles. The summed E-state index contributed by atoms with van der Waals surface area (Å²) in [6, 6.07) is 1.62. The van der Waals surface area contributed by atoms with Gasteiger partial charge in [0, 0.05) is 25.7 Å². The van der Waals surface area contributed by atoms with Gasteiger partial charge in [-0.2, -0.15) is 18.2 Å². The molecule has 0 saturated carbocycles. The number of anilines is 2. The number of rotatable bonds is 6. The third kappa shape index (κ3) is 5.94. The van der Waals surface area contributed by atoms with E-state index in [4.69, 9.17) is 0 Å². The van der Waals surface area contributed by atoms with Crippen molar-refractivity contribution in [2.45, 2.75) is 25.9 Å². The van der Waals surface area contributed by atoms with Gasteiger partial charge in [0.1, 0.15) is 5.82 Å². The lowest BCUT2D eigenvalue weighted by Crippen LogP contribution is -2.12. The SMILES string of the molecule is CCNc1nccc(NCCCC(F)(F)F)n1. The minimum Gasteiger partial charge on any atom is -0.370 e. The molecule has 0 unspecified atom stereocenters. The van der Waals surface area contributed by atoms with E-state index in [9.17, 15) is 13.2 Å². The fourth-order valence-corrected chi connectivity index (χ4v) is 1.21. The molecule has 17 heavy (non-hydrogen) atoms. The minimum atomic E-state index is -4.09. The molecule has 0 atom stereocenters. The molecule has 0 amide bonds. The van der Waals surface area contributed by atoms with Crippen LogP contribution >= 0.6 is 0 Å². The van der Waals surface area contributed by atoms with Crippen LogP contribution in [0.5, 0.6) is 0 Å². The first kappa shape index (κ1) is 13.5. The first-order valence-electron chi connectivity index (χ1n) is 5.39. The molecule has 0 aliphatic rings. The fourth-order valence-electron chi connectivity index (χ4n) is 1.21. The van der Waals surface area contributed by atoms with E-state index in [1.54, 1.807) is 12.3 Å². The highest BCUT2D eigenvalue weighted by molar-refractivity contribution is 5.39. The molecule has 2 N–H and O–H groups in total. The zero-order valence-corrected chi connectivity index (χ0v) is 9.51. The number of hydrogen-bond donors (Lipinski definition) is 2. The number of aromatic nitrogens is 2. The normalized spacial score (nSPS) is 11.3. The second-order valence-electron chi connectivity index (χ2n) is 3.44. The molecule has 0 aromatic carbocycles. The summed E-state index contributed by atoms with van der Waals surface area (Å²) >= 11 is 0. The topological polar surface area (TPSA) is 49.8 Å². The summed E-state index contributed by atoms with van der Waals surface area (Å²) in [5.74, 6) is 0.992. The number of nitrogens with zero attached hydrogens (tertiary/aromatic N) is 2. The van der Waals surface area contributed by atoms with Crippen molar-refractivity contribution >= 4 is 11.8 Å². The molecule has 4 nitrogen and oxygen atoms in total. The van der Waals surface area contributed by atoms with Crippen LogP contribution in [-0.2, 0) is 0 Å². The Hall–Kier alpha value is -1.53. The molecule has 0 fully saturated rings. The van der Waals surface area contributed by atoms with Crippen LogP contribution in [0.2, 0.25) is 0 Å². The molecule has 0 aliphatic heterocycles. The van der Waals surface area contributed by atoms with E-state index in [1.807, 2.05) is 6.92 Å². The van der Waals surface area contributed by atoms with E-state index >= 15 is 0 Å². The lowest BCUT2D eigenvalue weighted by atomic mass is 10.3. The molecule has 0 radical (unpaired) electrons. The van der Waals surface area contributed by atoms with Gasteiger partial charge < -0.3 is 10.6 Å². The van der Waals surface area contributed by atoms with E-state index in [0.717, 1.165) is 0 Å². The Balaban J connectivity index is 2.34. The van der Waals surface area contributed by atoms with Crippen LogP contribution in [0.3, 0.4) is 0 Å². The van der Waals surface area contributed by atoms with Crippen LogP contribution in [0.4, 0.5) is 24.9 Å². The fraction of sp³-hybridized carbons (Fsp3) is 0.600. The predicted molar refractivity (Wildman–Crippen MR) is 60.0 cm³/mol. The first-order chi connectivity index (χ1) is 8.01. The Labute approximate surface area is 97.7 Å². The van der Waals surface area contributed by atoms with Gasteiger partial charge in [0.2, 0.25) is 5.95 Å². The van der Waals surface area contributed by atoms with Gasteiger partial charge in [0.15, 0.2) is 0 Å². The van der Waals surface area contributed by atoms with Gasteiger partial charge in [-0.25, -0.2) is 4.98 Å². The summed E-state index contributed by atoms with van der Waals surface area (Å²) < 4.78 is 35.6. The van der Waals surface area contributed by atoms with Crippen molar-refractivity contribution in [2.24, 2.45) is 0 Å². The summed E-state index contributed by atoms with van der Waals surface area (Å²) in [5, 5.41) is 5.75. The van der Waals surface area contributed by atoms with Crippen LogP contribution in [0, 0.1) is 0 Å². The number of hydrogen-bond acceptors (Lipinski definition) is 4. The van der Waals surface area contributed by atoms with Gasteiger partial charge in [-0.15, -0.1) is 0 Å². The third-order valence-electron chi connectivity index (χ3n) is 1.93. The molecular formula is C10H15F3N4. The maximum atomic E-state index is 11.9. The van der Waals surface area contributed by atoms with Crippen LogP contribution < -0.4 is 10.6 Å². The molecule has 0 bridgehead atoms. The smallest absolute Gasteiger partial charge is 0.370 e. The van der Waals surface area contributed by atoms with Gasteiger partial charge in [0.05, 0.1) is 0 Å². The van der Waals surface area contributed by atoms with Crippen LogP contribution in [0.25, 0.3) is 0 Å². The van der Waals surface area contributed by atoms with Gasteiger partial charge in [-0.3, -0.25) is 0 Å². The van der Waals surface area contributed by atoms with Crippen molar-refractivity contribution in [2.75, 3.05) is 23.7 Å². The summed E-state index contributed by atoms with van der Waals surface area (Å²) in [6.07, 6.45) is -3.30. The van der Waals surface area contributed by atoms with Gasteiger partial charge in [-0.05, 0) is 19.4 Å². The van der Waals surface area contributed by atoms with Gasteiger partial charge >= 0.3 is 6.18 Å². The summed E-state index contributed by atoms with van der Waals surface area (Å²) in [7, 11) is 0. The lowest BCUT2D eigenvalue weighted by Gasteiger charge is -2.08. The zero-order chi connectivity index (χ0) is 12.7. The lowest BCUT2D eigenvalue weighted by molar-refractivity contribution is -0.134. The Kier molecular flexibility index (Phi) is 4.99. The second kappa shape index (κ2) is 6.27. The standard InChI is InChI=1S/C10H15F3N4/c1-2-14-9-16-7-4-8(17-9)15-6-3-5-10(11,12)13/h4,7H,2-3,5-6H2,1H3,(H2,14,15,16,17). The molecule has 96 valence electrons. The van der Waals surface area contributed by atoms with Crippen LogP contribution in [-0.4, -0.2) is 29.2 Å². The zero-order valence-electron chi connectivity index (χ0n) is 9.51. The van der Waals surface area contributed by atoms with E-state index in [0.29, 0.717) is 18.3 Å². The maximum Gasteiger partial charge on any atom is 0.389 e. The van der Waals surface area contributed by atoms with Crippen LogP contribution in [0.1, 0.15) is 19.8 Å². The molecule has 1 aromatic heterocycles. The van der Waals surface area contributed by atoms with E-state index in [1.165, 1.54) is 0 Å². The Bertz CT molecular complexity index is 341. The predicted octanol–water partition coefficient (Wildman–Crippen LogP) is 2.66. The van der Waals surface area contributed by atoms with Crippen LogP contribution in [0.15, 0.2) is 12.3 Å². The molecule has 0 spiro atoms. The summed E-state index contributed by atoms with van der Waals surface area (Å²) in [4.78, 5) is 8.04. The molecule has 0 saturated heterocycles. The van der Waals surface area contributed by atoms with Crippen molar-refractivity contribution in [3.05, 3.63) is 12.3 Å². The van der Waals surface area contributed by atoms with Crippen molar-refractivity contribution in [3.8, 4) is 0 Å². The molecule has 1 heterocycles. The Morgan fingerprint density at radius 2 is 2.06 bits per heavy atom. The largest absolute Gasteiger partial charge is 0.389 e. The summed E-state index contributed by atoms with van der Waals surface area (Å²) in [6.45, 7) is 2.84. The number of nitrogens with one attached hydrogen (secondary N) is 2. The molecular weight excluding hydrogens is 233 g/mol. The molecule has 1 rings (SSSR count). The number of halogens is 3. The van der Waals surface area contributed by atoms with E-state index < -0.39 is 12.6 Å². The minimum absolute atomic E-state index is 0.0318. The highest BCUT2D eigenvalue weighted by Crippen LogP contribution is 2.21. The highest BCUT2D eigenvalue weighted by atomic mass is 19.4. The average Bonchev–Trinajstić information content (AvgIpc) is 2.24. The van der Waals surface area contributed by atoms with Crippen molar-refractivity contribution < 1.29 is 13.2 Å². The van der Waals surface area contributed by atoms with Crippen molar-refractivity contribution in [1.82, 2.24) is 9.97 Å². The monoisotopic (exact) mass is 248 g/mol. The highest BCUT2D eigenvalue weighted by Gasteiger charge is 2.25. The average molecular weight is 248 g/mol. The van der Waals surface area contributed by atoms with Gasteiger partial charge in [0.25, 0.3) is 0 Å². The third-order valence-corrected chi connectivity index (χ3v) is 1.93.